The summed E-state index contributed by atoms with van der Waals surface area (Å²) >= 11 is 0. The SMILES string of the molecule is CCCCCCCCCCCCCCCCCCCCCC(=O)NC(=O)O. The van der Waals surface area contributed by atoms with Crippen molar-refractivity contribution < 1.29 is 14.7 Å². The number of carbonyl (C=O) groups is 2. The van der Waals surface area contributed by atoms with Crippen molar-refractivity contribution >= 4 is 12.0 Å². The highest BCUT2D eigenvalue weighted by molar-refractivity contribution is 5.90. The zero-order valence-corrected chi connectivity index (χ0v) is 17.9. The van der Waals surface area contributed by atoms with E-state index in [1.807, 2.05) is 5.32 Å². The van der Waals surface area contributed by atoms with Gasteiger partial charge in [-0.05, 0) is 6.42 Å². The van der Waals surface area contributed by atoms with Gasteiger partial charge in [0.1, 0.15) is 0 Å². The fourth-order valence-electron chi connectivity index (χ4n) is 3.55. The van der Waals surface area contributed by atoms with Crippen molar-refractivity contribution in [2.75, 3.05) is 0 Å². The zero-order chi connectivity index (χ0) is 20.0. The molecule has 0 rings (SSSR count). The number of hydrogen-bond acceptors (Lipinski definition) is 2. The predicted octanol–water partition coefficient (Wildman–Crippen LogP) is 7.60. The van der Waals surface area contributed by atoms with Crippen molar-refractivity contribution in [2.24, 2.45) is 0 Å². The van der Waals surface area contributed by atoms with Gasteiger partial charge < -0.3 is 5.11 Å². The minimum absolute atomic E-state index is 0.325. The Balaban J connectivity index is 3.07. The largest absolute Gasteiger partial charge is 0.465 e. The van der Waals surface area contributed by atoms with Crippen LogP contribution in [0.5, 0.6) is 0 Å². The molecule has 0 saturated carbocycles. The van der Waals surface area contributed by atoms with Crippen molar-refractivity contribution in [3.05, 3.63) is 0 Å². The molecule has 0 bridgehead atoms. The van der Waals surface area contributed by atoms with E-state index in [-0.39, 0.29) is 5.91 Å². The third-order valence-corrected chi connectivity index (χ3v) is 5.25. The van der Waals surface area contributed by atoms with Crippen LogP contribution in [0, 0.1) is 0 Å². The summed E-state index contributed by atoms with van der Waals surface area (Å²) in [7, 11) is 0. The van der Waals surface area contributed by atoms with Crippen LogP contribution >= 0.6 is 0 Å². The molecule has 27 heavy (non-hydrogen) atoms. The van der Waals surface area contributed by atoms with E-state index in [4.69, 9.17) is 5.11 Å². The number of carboxylic acid groups (broad SMARTS) is 1. The monoisotopic (exact) mass is 383 g/mol. The Hall–Kier alpha value is -1.06. The van der Waals surface area contributed by atoms with Gasteiger partial charge in [-0.25, -0.2) is 4.79 Å². The Morgan fingerprint density at radius 3 is 1.15 bits per heavy atom. The lowest BCUT2D eigenvalue weighted by Gasteiger charge is -2.04. The molecule has 0 aliphatic carbocycles. The van der Waals surface area contributed by atoms with E-state index in [2.05, 4.69) is 6.92 Å². The molecular weight excluding hydrogens is 338 g/mol. The van der Waals surface area contributed by atoms with Gasteiger partial charge in [0.25, 0.3) is 0 Å². The summed E-state index contributed by atoms with van der Waals surface area (Å²) in [5, 5.41) is 10.3. The average Bonchev–Trinajstić information content (AvgIpc) is 2.63. The van der Waals surface area contributed by atoms with Crippen molar-refractivity contribution in [3.8, 4) is 0 Å². The molecule has 0 aromatic heterocycles. The molecule has 0 fully saturated rings. The Bertz CT molecular complexity index is 345. The van der Waals surface area contributed by atoms with E-state index in [9.17, 15) is 9.59 Å². The molecule has 2 N–H and O–H groups in total. The van der Waals surface area contributed by atoms with Gasteiger partial charge in [-0.3, -0.25) is 10.1 Å². The molecule has 0 saturated heterocycles. The van der Waals surface area contributed by atoms with E-state index in [1.165, 1.54) is 103 Å². The Morgan fingerprint density at radius 2 is 0.852 bits per heavy atom. The Labute approximate surface area is 167 Å². The molecular formula is C23H45NO3. The topological polar surface area (TPSA) is 66.4 Å². The molecule has 160 valence electrons. The Kier molecular flexibility index (Phi) is 20.4. The van der Waals surface area contributed by atoms with Crippen molar-refractivity contribution in [1.82, 2.24) is 5.32 Å². The van der Waals surface area contributed by atoms with Gasteiger partial charge >= 0.3 is 6.09 Å². The summed E-state index contributed by atoms with van der Waals surface area (Å²) < 4.78 is 0. The van der Waals surface area contributed by atoms with Crippen LogP contribution in [0.2, 0.25) is 0 Å². The van der Waals surface area contributed by atoms with Gasteiger partial charge in [-0.1, -0.05) is 122 Å². The quantitative estimate of drug-likeness (QED) is 0.213. The van der Waals surface area contributed by atoms with E-state index in [1.54, 1.807) is 0 Å². The van der Waals surface area contributed by atoms with E-state index in [0.29, 0.717) is 6.42 Å². The highest BCUT2D eigenvalue weighted by Gasteiger charge is 2.04. The third-order valence-electron chi connectivity index (χ3n) is 5.25. The van der Waals surface area contributed by atoms with E-state index >= 15 is 0 Å². The van der Waals surface area contributed by atoms with Crippen LogP contribution in [0.3, 0.4) is 0 Å². The zero-order valence-electron chi connectivity index (χ0n) is 17.9. The van der Waals surface area contributed by atoms with Gasteiger partial charge in [0.15, 0.2) is 0 Å². The van der Waals surface area contributed by atoms with Crippen LogP contribution in [-0.2, 0) is 4.79 Å². The van der Waals surface area contributed by atoms with E-state index < -0.39 is 6.09 Å². The minimum atomic E-state index is -1.25. The van der Waals surface area contributed by atoms with Gasteiger partial charge in [-0.2, -0.15) is 0 Å². The smallest absolute Gasteiger partial charge is 0.411 e. The highest BCUT2D eigenvalue weighted by Crippen LogP contribution is 2.14. The molecule has 0 aliphatic rings. The van der Waals surface area contributed by atoms with Gasteiger partial charge in [-0.15, -0.1) is 0 Å². The molecule has 0 heterocycles. The maximum atomic E-state index is 11.1. The van der Waals surface area contributed by atoms with E-state index in [0.717, 1.165) is 19.3 Å². The second-order valence-electron chi connectivity index (χ2n) is 7.97. The summed E-state index contributed by atoms with van der Waals surface area (Å²) in [5.41, 5.74) is 0. The number of amides is 2. The first-order valence-electron chi connectivity index (χ1n) is 11.7. The molecule has 4 nitrogen and oxygen atoms in total. The number of unbranched alkanes of at least 4 members (excludes halogenated alkanes) is 18. The van der Waals surface area contributed by atoms with Crippen LogP contribution in [0.15, 0.2) is 0 Å². The second kappa shape index (κ2) is 21.2. The van der Waals surface area contributed by atoms with Gasteiger partial charge in [0.05, 0.1) is 0 Å². The van der Waals surface area contributed by atoms with Crippen LogP contribution in [0.4, 0.5) is 4.79 Å². The number of nitrogens with one attached hydrogen (secondary N) is 1. The lowest BCUT2D eigenvalue weighted by molar-refractivity contribution is -0.120. The number of rotatable bonds is 20. The fraction of sp³-hybridized carbons (Fsp3) is 0.913. The van der Waals surface area contributed by atoms with Crippen molar-refractivity contribution in [3.63, 3.8) is 0 Å². The summed E-state index contributed by atoms with van der Waals surface area (Å²) in [4.78, 5) is 21.4. The van der Waals surface area contributed by atoms with Crippen molar-refractivity contribution in [2.45, 2.75) is 135 Å². The predicted molar refractivity (Wildman–Crippen MR) is 114 cm³/mol. The summed E-state index contributed by atoms with van der Waals surface area (Å²) in [5.74, 6) is -0.380. The minimum Gasteiger partial charge on any atom is -0.465 e. The molecule has 0 unspecified atom stereocenters. The van der Waals surface area contributed by atoms with Crippen molar-refractivity contribution in [1.29, 1.82) is 0 Å². The van der Waals surface area contributed by atoms with Crippen LogP contribution in [0.1, 0.15) is 135 Å². The molecule has 0 radical (unpaired) electrons. The van der Waals surface area contributed by atoms with Gasteiger partial charge in [0.2, 0.25) is 5.91 Å². The summed E-state index contributed by atoms with van der Waals surface area (Å²) in [6, 6.07) is 0. The standard InChI is InChI=1S/C23H45NO3/c1-2-3-4-5-6-7-8-9-10-11-12-13-14-15-16-17-18-19-20-21-22(25)24-23(26)27/h2-21H2,1H3,(H,24,25)(H,26,27). The van der Waals surface area contributed by atoms with Gasteiger partial charge in [0, 0.05) is 6.42 Å². The normalized spacial score (nSPS) is 10.9. The molecule has 0 aromatic rings. The van der Waals surface area contributed by atoms with Crippen LogP contribution in [0.25, 0.3) is 0 Å². The molecule has 2 amide bonds. The molecule has 0 aliphatic heterocycles. The molecule has 0 aromatic carbocycles. The fourth-order valence-corrected chi connectivity index (χ4v) is 3.55. The van der Waals surface area contributed by atoms with Crippen LogP contribution < -0.4 is 5.32 Å². The molecule has 4 heteroatoms. The first-order valence-corrected chi connectivity index (χ1v) is 11.7. The third kappa shape index (κ3) is 22.9. The molecule has 0 atom stereocenters. The lowest BCUT2D eigenvalue weighted by atomic mass is 10.0. The summed E-state index contributed by atoms with van der Waals surface area (Å²) in [6.45, 7) is 2.28. The number of carbonyl (C=O) groups excluding carboxylic acids is 1. The number of imide groups is 1. The highest BCUT2D eigenvalue weighted by atomic mass is 16.4. The van der Waals surface area contributed by atoms with Crippen LogP contribution in [-0.4, -0.2) is 17.1 Å². The molecule has 0 spiro atoms. The lowest BCUT2D eigenvalue weighted by Crippen LogP contribution is -2.28. The maximum absolute atomic E-state index is 11.1. The second-order valence-corrected chi connectivity index (χ2v) is 7.97. The first-order chi connectivity index (χ1) is 13.2. The summed E-state index contributed by atoms with van der Waals surface area (Å²) in [6.07, 6.45) is 24.2. The number of hydrogen-bond donors (Lipinski definition) is 2. The average molecular weight is 384 g/mol. The maximum Gasteiger partial charge on any atom is 0.411 e. The Morgan fingerprint density at radius 1 is 0.556 bits per heavy atom. The first kappa shape index (κ1) is 25.9.